The van der Waals surface area contributed by atoms with Crippen molar-refractivity contribution in [2.24, 2.45) is 5.92 Å². The predicted octanol–water partition coefficient (Wildman–Crippen LogP) is 1.77. The zero-order chi connectivity index (χ0) is 15.0. The molecule has 2 atom stereocenters. The third-order valence-corrected chi connectivity index (χ3v) is 5.58. The number of nitrogens with zero attached hydrogens (tertiary/aromatic N) is 2. The van der Waals surface area contributed by atoms with Gasteiger partial charge in [0.05, 0.1) is 0 Å². The fourth-order valence-corrected chi connectivity index (χ4v) is 4.57. The van der Waals surface area contributed by atoms with E-state index in [9.17, 15) is 8.42 Å². The molecule has 2 heterocycles. The number of hydrogen-bond donors (Lipinski definition) is 2. The predicted molar refractivity (Wildman–Crippen MR) is 81.3 cm³/mol. The van der Waals surface area contributed by atoms with Crippen LogP contribution >= 0.6 is 0 Å². The number of sulfonamides is 1. The summed E-state index contributed by atoms with van der Waals surface area (Å²) in [5.41, 5.74) is 6.36. The number of aromatic nitrogens is 2. The Kier molecular flexibility index (Phi) is 3.62. The minimum atomic E-state index is -3.67. The minimum Gasteiger partial charge on any atom is -0.381 e. The lowest BCUT2D eigenvalue weighted by atomic mass is 9.88. The zero-order valence-electron chi connectivity index (χ0n) is 12.0. The van der Waals surface area contributed by atoms with Crippen LogP contribution in [0.25, 0.3) is 5.65 Å². The molecule has 0 radical (unpaired) electrons. The molecule has 1 aliphatic rings. The summed E-state index contributed by atoms with van der Waals surface area (Å²) in [6, 6.07) is 5.27. The van der Waals surface area contributed by atoms with Crippen LogP contribution in [0.1, 0.15) is 32.6 Å². The lowest BCUT2D eigenvalue weighted by Gasteiger charge is -2.27. The second-order valence-corrected chi connectivity index (χ2v) is 7.45. The lowest BCUT2D eigenvalue weighted by molar-refractivity contribution is 0.327. The van der Waals surface area contributed by atoms with Crippen LogP contribution in [0.5, 0.6) is 0 Å². The summed E-state index contributed by atoms with van der Waals surface area (Å²) in [5, 5.41) is 0.0383. The molecule has 1 saturated carbocycles. The molecule has 3 N–H and O–H groups in total. The van der Waals surface area contributed by atoms with Gasteiger partial charge >= 0.3 is 0 Å². The monoisotopic (exact) mass is 308 g/mol. The molecule has 2 aromatic heterocycles. The number of hydrogen-bond acceptors (Lipinski definition) is 4. The number of nitrogens with one attached hydrogen (secondary N) is 1. The Morgan fingerprint density at radius 2 is 2.19 bits per heavy atom. The van der Waals surface area contributed by atoms with Crippen molar-refractivity contribution in [1.82, 2.24) is 14.1 Å². The molecular weight excluding hydrogens is 288 g/mol. The van der Waals surface area contributed by atoms with E-state index in [4.69, 9.17) is 5.73 Å². The zero-order valence-corrected chi connectivity index (χ0v) is 12.8. The fourth-order valence-electron chi connectivity index (χ4n) is 3.08. The number of fused-ring (bicyclic) bond motifs is 1. The van der Waals surface area contributed by atoms with Gasteiger partial charge in [0.1, 0.15) is 5.65 Å². The molecule has 0 amide bonds. The van der Waals surface area contributed by atoms with E-state index in [0.717, 1.165) is 25.7 Å². The van der Waals surface area contributed by atoms with Gasteiger partial charge < -0.3 is 5.73 Å². The maximum absolute atomic E-state index is 12.7. The SMILES string of the molecule is CC1CCCC(NS(=O)(=O)c2c(N)nc3ccccn23)C1. The van der Waals surface area contributed by atoms with Crippen molar-refractivity contribution in [1.29, 1.82) is 0 Å². The number of anilines is 1. The molecule has 3 rings (SSSR count). The first-order valence-electron chi connectivity index (χ1n) is 7.22. The Morgan fingerprint density at radius 1 is 1.38 bits per heavy atom. The molecule has 0 aromatic carbocycles. The minimum absolute atomic E-state index is 0.0209. The second kappa shape index (κ2) is 5.31. The van der Waals surface area contributed by atoms with E-state index in [1.807, 2.05) is 0 Å². The highest BCUT2D eigenvalue weighted by atomic mass is 32.2. The van der Waals surface area contributed by atoms with Gasteiger partial charge in [-0.05, 0) is 30.9 Å². The number of rotatable bonds is 3. The van der Waals surface area contributed by atoms with Crippen molar-refractivity contribution in [3.05, 3.63) is 24.4 Å². The van der Waals surface area contributed by atoms with Gasteiger partial charge in [-0.3, -0.25) is 4.40 Å². The molecule has 0 aliphatic heterocycles. The third-order valence-electron chi connectivity index (χ3n) is 4.02. The Bertz CT molecular complexity index is 753. The van der Waals surface area contributed by atoms with Crippen LogP contribution in [-0.2, 0) is 10.0 Å². The van der Waals surface area contributed by atoms with Crippen LogP contribution in [0.4, 0.5) is 5.82 Å². The van der Waals surface area contributed by atoms with Crippen LogP contribution in [0, 0.1) is 5.92 Å². The quantitative estimate of drug-likeness (QED) is 0.904. The van der Waals surface area contributed by atoms with E-state index < -0.39 is 10.0 Å². The molecule has 2 aromatic rings. The molecule has 7 heteroatoms. The van der Waals surface area contributed by atoms with E-state index in [0.29, 0.717) is 11.6 Å². The smallest absolute Gasteiger partial charge is 0.260 e. The average Bonchev–Trinajstić information content (AvgIpc) is 2.74. The van der Waals surface area contributed by atoms with Crippen LogP contribution < -0.4 is 10.5 Å². The Morgan fingerprint density at radius 3 is 2.95 bits per heavy atom. The van der Waals surface area contributed by atoms with Crippen molar-refractivity contribution in [2.45, 2.75) is 43.7 Å². The van der Waals surface area contributed by atoms with E-state index in [-0.39, 0.29) is 16.9 Å². The van der Waals surface area contributed by atoms with Crippen molar-refractivity contribution in [3.8, 4) is 0 Å². The summed E-state index contributed by atoms with van der Waals surface area (Å²) in [6.07, 6.45) is 5.62. The molecule has 2 unspecified atom stereocenters. The number of nitrogens with two attached hydrogens (primary N) is 1. The molecular formula is C14H20N4O2S. The van der Waals surface area contributed by atoms with E-state index in [2.05, 4.69) is 16.6 Å². The lowest BCUT2D eigenvalue weighted by Crippen LogP contribution is -2.38. The molecule has 0 saturated heterocycles. The van der Waals surface area contributed by atoms with Gasteiger partial charge in [-0.2, -0.15) is 0 Å². The van der Waals surface area contributed by atoms with Crippen LogP contribution in [0.2, 0.25) is 0 Å². The van der Waals surface area contributed by atoms with E-state index in [1.165, 1.54) is 4.40 Å². The third kappa shape index (κ3) is 2.75. The first kappa shape index (κ1) is 14.3. The van der Waals surface area contributed by atoms with Gasteiger partial charge in [0.15, 0.2) is 10.8 Å². The van der Waals surface area contributed by atoms with Crippen LogP contribution in [0.15, 0.2) is 29.4 Å². The van der Waals surface area contributed by atoms with Gasteiger partial charge in [0, 0.05) is 12.2 Å². The summed E-state index contributed by atoms with van der Waals surface area (Å²) in [5.74, 6) is 0.587. The highest BCUT2D eigenvalue weighted by Crippen LogP contribution is 2.26. The summed E-state index contributed by atoms with van der Waals surface area (Å²) in [6.45, 7) is 2.16. The fraction of sp³-hybridized carbons (Fsp3) is 0.500. The van der Waals surface area contributed by atoms with Crippen molar-refractivity contribution < 1.29 is 8.42 Å². The second-order valence-electron chi connectivity index (χ2n) is 5.82. The standard InChI is InChI=1S/C14H20N4O2S/c1-10-5-4-6-11(9-10)17-21(19,20)14-13(15)16-12-7-2-3-8-18(12)14/h2-3,7-8,10-11,17H,4-6,9,15H2,1H3. The average molecular weight is 308 g/mol. The molecule has 21 heavy (non-hydrogen) atoms. The van der Waals surface area contributed by atoms with Gasteiger partial charge in [0.2, 0.25) is 0 Å². The van der Waals surface area contributed by atoms with Gasteiger partial charge in [-0.25, -0.2) is 18.1 Å². The largest absolute Gasteiger partial charge is 0.381 e. The van der Waals surface area contributed by atoms with Gasteiger partial charge in [-0.15, -0.1) is 0 Å². The molecule has 0 bridgehead atoms. The Hall–Kier alpha value is -1.60. The van der Waals surface area contributed by atoms with E-state index in [1.54, 1.807) is 24.4 Å². The summed E-state index contributed by atoms with van der Waals surface area (Å²) in [4.78, 5) is 4.11. The summed E-state index contributed by atoms with van der Waals surface area (Å²) in [7, 11) is -3.67. The van der Waals surface area contributed by atoms with Crippen molar-refractivity contribution in [2.75, 3.05) is 5.73 Å². The van der Waals surface area contributed by atoms with Crippen LogP contribution in [-0.4, -0.2) is 23.8 Å². The first-order valence-corrected chi connectivity index (χ1v) is 8.70. The Labute approximate surface area is 124 Å². The molecule has 6 nitrogen and oxygen atoms in total. The van der Waals surface area contributed by atoms with Gasteiger partial charge in [-0.1, -0.05) is 25.8 Å². The maximum atomic E-state index is 12.7. The summed E-state index contributed by atoms with van der Waals surface area (Å²) < 4.78 is 29.6. The summed E-state index contributed by atoms with van der Waals surface area (Å²) >= 11 is 0. The highest BCUT2D eigenvalue weighted by molar-refractivity contribution is 7.89. The normalized spacial score (nSPS) is 23.5. The number of imidazole rings is 1. The maximum Gasteiger partial charge on any atom is 0.260 e. The van der Waals surface area contributed by atoms with Gasteiger partial charge in [0.25, 0.3) is 10.0 Å². The highest BCUT2D eigenvalue weighted by Gasteiger charge is 2.28. The topological polar surface area (TPSA) is 89.5 Å². The van der Waals surface area contributed by atoms with Crippen molar-refractivity contribution >= 4 is 21.5 Å². The van der Waals surface area contributed by atoms with Crippen LogP contribution in [0.3, 0.4) is 0 Å². The first-order chi connectivity index (χ1) is 9.97. The molecule has 1 aliphatic carbocycles. The number of nitrogen functional groups attached to an aromatic ring is 1. The molecule has 1 fully saturated rings. The van der Waals surface area contributed by atoms with Crippen molar-refractivity contribution in [3.63, 3.8) is 0 Å². The molecule has 0 spiro atoms. The van der Waals surface area contributed by atoms with E-state index >= 15 is 0 Å². The molecule has 114 valence electrons. The number of pyridine rings is 1. The Balaban J connectivity index is 1.95.